The van der Waals surface area contributed by atoms with Gasteiger partial charge in [-0.1, -0.05) is 0 Å². The van der Waals surface area contributed by atoms with Crippen molar-refractivity contribution in [3.63, 3.8) is 0 Å². The minimum Gasteiger partial charge on any atom is -0.342 e. The highest BCUT2D eigenvalue weighted by atomic mass is 16.5. The summed E-state index contributed by atoms with van der Waals surface area (Å²) in [6, 6.07) is 2.03. The fourth-order valence-corrected chi connectivity index (χ4v) is 0.849. The molecule has 0 bridgehead atoms. The van der Waals surface area contributed by atoms with Crippen LogP contribution in [0.5, 0.6) is 0 Å². The average Bonchev–Trinajstić information content (AvgIpc) is 2.10. The summed E-state index contributed by atoms with van der Waals surface area (Å²) in [5.74, 6) is 0. The van der Waals surface area contributed by atoms with E-state index in [0.717, 1.165) is 0 Å². The molecule has 0 saturated carbocycles. The van der Waals surface area contributed by atoms with Gasteiger partial charge in [-0.05, 0) is 13.8 Å². The normalized spacial score (nSPS) is 31.9. The van der Waals surface area contributed by atoms with Crippen LogP contribution in [0.3, 0.4) is 0 Å². The van der Waals surface area contributed by atoms with Gasteiger partial charge in [0, 0.05) is 6.54 Å². The summed E-state index contributed by atoms with van der Waals surface area (Å²) in [5, 5.41) is 11.4. The van der Waals surface area contributed by atoms with Crippen molar-refractivity contribution in [2.75, 3.05) is 6.54 Å². The molecule has 1 aliphatic heterocycles. The first-order chi connectivity index (χ1) is 4.14. The van der Waals surface area contributed by atoms with Crippen molar-refractivity contribution < 1.29 is 4.74 Å². The van der Waals surface area contributed by atoms with Crippen molar-refractivity contribution in [1.82, 2.24) is 5.32 Å². The van der Waals surface area contributed by atoms with E-state index in [2.05, 4.69) is 5.32 Å². The van der Waals surface area contributed by atoms with Crippen LogP contribution < -0.4 is 5.32 Å². The Labute approximate surface area is 54.6 Å². The van der Waals surface area contributed by atoms with E-state index in [1.807, 2.05) is 19.9 Å². The van der Waals surface area contributed by atoms with Gasteiger partial charge in [0.15, 0.2) is 6.10 Å². The Bertz CT molecular complexity index is 148. The lowest BCUT2D eigenvalue weighted by molar-refractivity contribution is -0.00200. The molecule has 3 heteroatoms. The molecule has 1 rings (SSSR count). The topological polar surface area (TPSA) is 45.0 Å². The van der Waals surface area contributed by atoms with Crippen molar-refractivity contribution >= 4 is 0 Å². The molecule has 0 amide bonds. The number of hydrogen-bond donors (Lipinski definition) is 1. The van der Waals surface area contributed by atoms with Gasteiger partial charge in [-0.3, -0.25) is 5.32 Å². The van der Waals surface area contributed by atoms with Crippen LogP contribution in [0.15, 0.2) is 0 Å². The molecule has 0 aromatic carbocycles. The summed E-state index contributed by atoms with van der Waals surface area (Å²) in [7, 11) is 0. The van der Waals surface area contributed by atoms with Gasteiger partial charge < -0.3 is 4.74 Å². The van der Waals surface area contributed by atoms with Gasteiger partial charge in [-0.15, -0.1) is 0 Å². The number of nitrogens with one attached hydrogen (secondary N) is 1. The lowest BCUT2D eigenvalue weighted by atomic mass is 10.3. The van der Waals surface area contributed by atoms with Crippen LogP contribution in [0.4, 0.5) is 0 Å². The van der Waals surface area contributed by atoms with Gasteiger partial charge in [-0.2, -0.15) is 5.26 Å². The molecule has 1 unspecified atom stereocenters. The molecule has 1 aliphatic rings. The maximum atomic E-state index is 8.38. The van der Waals surface area contributed by atoms with Crippen LogP contribution in [-0.2, 0) is 4.74 Å². The zero-order valence-electron chi connectivity index (χ0n) is 5.64. The highest BCUT2D eigenvalue weighted by molar-refractivity contribution is 4.93. The standard InChI is InChI=1S/C6H10N2O/c1-6(2)8-4-5(3-7)9-6/h5,8H,4H2,1-2H3. The Kier molecular flexibility index (Phi) is 1.43. The first-order valence-electron chi connectivity index (χ1n) is 2.96. The molecule has 1 fully saturated rings. The predicted molar refractivity (Wildman–Crippen MR) is 32.6 cm³/mol. The second-order valence-corrected chi connectivity index (χ2v) is 2.63. The fourth-order valence-electron chi connectivity index (χ4n) is 0.849. The Hall–Kier alpha value is -0.590. The number of rotatable bonds is 0. The van der Waals surface area contributed by atoms with E-state index in [1.165, 1.54) is 0 Å². The molecule has 3 nitrogen and oxygen atoms in total. The van der Waals surface area contributed by atoms with Crippen molar-refractivity contribution in [3.05, 3.63) is 0 Å². The molecule has 0 spiro atoms. The van der Waals surface area contributed by atoms with E-state index in [-0.39, 0.29) is 11.8 Å². The van der Waals surface area contributed by atoms with Crippen LogP contribution in [0, 0.1) is 11.3 Å². The molecule has 1 N–H and O–H groups in total. The highest BCUT2D eigenvalue weighted by Crippen LogP contribution is 2.14. The van der Waals surface area contributed by atoms with Gasteiger partial charge >= 0.3 is 0 Å². The average molecular weight is 126 g/mol. The van der Waals surface area contributed by atoms with Gasteiger partial charge in [0.2, 0.25) is 0 Å². The Morgan fingerprint density at radius 1 is 1.78 bits per heavy atom. The minimum absolute atomic E-state index is 0.264. The second kappa shape index (κ2) is 1.98. The molecule has 0 aromatic rings. The maximum absolute atomic E-state index is 8.38. The summed E-state index contributed by atoms with van der Waals surface area (Å²) >= 11 is 0. The van der Waals surface area contributed by atoms with E-state index in [1.54, 1.807) is 0 Å². The molecule has 0 aromatic heterocycles. The summed E-state index contributed by atoms with van der Waals surface area (Å²) in [6.07, 6.45) is -0.264. The molecular formula is C6H10N2O. The van der Waals surface area contributed by atoms with Crippen LogP contribution in [-0.4, -0.2) is 18.4 Å². The SMILES string of the molecule is CC1(C)NCC(C#N)O1. The first-order valence-corrected chi connectivity index (χ1v) is 2.96. The largest absolute Gasteiger partial charge is 0.342 e. The third-order valence-corrected chi connectivity index (χ3v) is 1.29. The van der Waals surface area contributed by atoms with E-state index in [0.29, 0.717) is 6.54 Å². The molecule has 50 valence electrons. The first kappa shape index (κ1) is 6.53. The van der Waals surface area contributed by atoms with Gasteiger partial charge in [0.05, 0.1) is 6.07 Å². The van der Waals surface area contributed by atoms with Crippen LogP contribution in [0.2, 0.25) is 0 Å². The Morgan fingerprint density at radius 3 is 2.67 bits per heavy atom. The monoisotopic (exact) mass is 126 g/mol. The molecule has 1 heterocycles. The fraction of sp³-hybridized carbons (Fsp3) is 0.833. The molecule has 0 radical (unpaired) electrons. The van der Waals surface area contributed by atoms with Crippen molar-refractivity contribution in [2.24, 2.45) is 0 Å². The van der Waals surface area contributed by atoms with Gasteiger partial charge in [-0.25, -0.2) is 0 Å². The zero-order chi connectivity index (χ0) is 6.91. The Morgan fingerprint density at radius 2 is 2.44 bits per heavy atom. The molecule has 1 atom stereocenters. The summed E-state index contributed by atoms with van der Waals surface area (Å²) < 4.78 is 5.23. The van der Waals surface area contributed by atoms with Gasteiger partial charge in [0.25, 0.3) is 0 Å². The third-order valence-electron chi connectivity index (χ3n) is 1.29. The predicted octanol–water partition coefficient (Wildman–Crippen LogP) is 0.234. The molecule has 0 aliphatic carbocycles. The van der Waals surface area contributed by atoms with Crippen molar-refractivity contribution in [3.8, 4) is 6.07 Å². The van der Waals surface area contributed by atoms with Crippen LogP contribution >= 0.6 is 0 Å². The van der Waals surface area contributed by atoms with Crippen LogP contribution in [0.25, 0.3) is 0 Å². The highest BCUT2D eigenvalue weighted by Gasteiger charge is 2.30. The molecule has 1 saturated heterocycles. The molecular weight excluding hydrogens is 116 g/mol. The van der Waals surface area contributed by atoms with E-state index in [4.69, 9.17) is 10.00 Å². The van der Waals surface area contributed by atoms with E-state index >= 15 is 0 Å². The van der Waals surface area contributed by atoms with Crippen LogP contribution in [0.1, 0.15) is 13.8 Å². The third kappa shape index (κ3) is 1.41. The zero-order valence-corrected chi connectivity index (χ0v) is 5.64. The number of nitriles is 1. The lowest BCUT2D eigenvalue weighted by Crippen LogP contribution is -2.33. The quantitative estimate of drug-likeness (QED) is 0.505. The van der Waals surface area contributed by atoms with Gasteiger partial charge in [0.1, 0.15) is 5.72 Å². The minimum atomic E-state index is -0.305. The maximum Gasteiger partial charge on any atom is 0.158 e. The Balaban J connectivity index is 2.50. The summed E-state index contributed by atoms with van der Waals surface area (Å²) in [4.78, 5) is 0. The van der Waals surface area contributed by atoms with Crippen molar-refractivity contribution in [2.45, 2.75) is 25.7 Å². The smallest absolute Gasteiger partial charge is 0.158 e. The lowest BCUT2D eigenvalue weighted by Gasteiger charge is -2.16. The second-order valence-electron chi connectivity index (χ2n) is 2.63. The van der Waals surface area contributed by atoms with E-state index < -0.39 is 0 Å². The number of nitrogens with zero attached hydrogens (tertiary/aromatic N) is 1. The van der Waals surface area contributed by atoms with Crippen molar-refractivity contribution in [1.29, 1.82) is 5.26 Å². The number of hydrogen-bond acceptors (Lipinski definition) is 3. The molecule has 9 heavy (non-hydrogen) atoms. The number of ether oxygens (including phenoxy) is 1. The summed E-state index contributed by atoms with van der Waals surface area (Å²) in [5.41, 5.74) is -0.305. The summed E-state index contributed by atoms with van der Waals surface area (Å²) in [6.45, 7) is 4.46. The van der Waals surface area contributed by atoms with E-state index in [9.17, 15) is 0 Å².